The topological polar surface area (TPSA) is 78.1 Å². The SMILES string of the molecule is CCC(C)C(C(=O)NC1CCCC1)N1Cc2ccnc3[nH]cc(c23)C1=O. The lowest BCUT2D eigenvalue weighted by Crippen LogP contribution is -2.54. The van der Waals surface area contributed by atoms with Gasteiger partial charge < -0.3 is 15.2 Å². The minimum atomic E-state index is -0.445. The summed E-state index contributed by atoms with van der Waals surface area (Å²) in [7, 11) is 0. The van der Waals surface area contributed by atoms with Crippen molar-refractivity contribution in [2.24, 2.45) is 5.92 Å². The molecule has 2 aromatic rings. The average Bonchev–Trinajstić information content (AvgIpc) is 3.29. The van der Waals surface area contributed by atoms with Gasteiger partial charge in [-0.3, -0.25) is 9.59 Å². The van der Waals surface area contributed by atoms with Crippen molar-refractivity contribution in [3.8, 4) is 0 Å². The normalized spacial score (nSPS) is 19.8. The lowest BCUT2D eigenvalue weighted by Gasteiger charge is -2.37. The quantitative estimate of drug-likeness (QED) is 0.866. The Morgan fingerprint density at radius 1 is 1.42 bits per heavy atom. The van der Waals surface area contributed by atoms with E-state index in [1.54, 1.807) is 17.3 Å². The molecule has 6 nitrogen and oxygen atoms in total. The van der Waals surface area contributed by atoms with E-state index in [-0.39, 0.29) is 23.8 Å². The Kier molecular flexibility index (Phi) is 4.42. The Balaban J connectivity index is 1.65. The van der Waals surface area contributed by atoms with Crippen molar-refractivity contribution < 1.29 is 9.59 Å². The summed E-state index contributed by atoms with van der Waals surface area (Å²) in [4.78, 5) is 35.4. The van der Waals surface area contributed by atoms with Gasteiger partial charge in [-0.2, -0.15) is 0 Å². The second-order valence-corrected chi connectivity index (χ2v) is 7.65. The minimum Gasteiger partial charge on any atom is -0.352 e. The van der Waals surface area contributed by atoms with Crippen molar-refractivity contribution in [1.82, 2.24) is 20.2 Å². The van der Waals surface area contributed by atoms with Gasteiger partial charge in [0.1, 0.15) is 11.7 Å². The molecule has 2 atom stereocenters. The summed E-state index contributed by atoms with van der Waals surface area (Å²) in [5, 5.41) is 4.10. The van der Waals surface area contributed by atoms with E-state index in [1.807, 2.05) is 6.07 Å². The zero-order valence-electron chi connectivity index (χ0n) is 15.4. The molecule has 6 heteroatoms. The summed E-state index contributed by atoms with van der Waals surface area (Å²) < 4.78 is 0. The lowest BCUT2D eigenvalue weighted by molar-refractivity contribution is -0.128. The van der Waals surface area contributed by atoms with Crippen LogP contribution in [-0.2, 0) is 11.3 Å². The summed E-state index contributed by atoms with van der Waals surface area (Å²) in [6.45, 7) is 4.58. The first-order valence-corrected chi connectivity index (χ1v) is 9.66. The van der Waals surface area contributed by atoms with E-state index in [4.69, 9.17) is 0 Å². The van der Waals surface area contributed by atoms with Crippen LogP contribution in [0.4, 0.5) is 0 Å². The smallest absolute Gasteiger partial charge is 0.257 e. The van der Waals surface area contributed by atoms with Crippen molar-refractivity contribution in [3.63, 3.8) is 0 Å². The van der Waals surface area contributed by atoms with Crippen LogP contribution in [0.25, 0.3) is 11.0 Å². The predicted molar refractivity (Wildman–Crippen MR) is 99.6 cm³/mol. The number of amides is 2. The highest BCUT2D eigenvalue weighted by Gasteiger charge is 2.38. The van der Waals surface area contributed by atoms with Crippen molar-refractivity contribution in [3.05, 3.63) is 29.6 Å². The maximum atomic E-state index is 13.2. The summed E-state index contributed by atoms with van der Waals surface area (Å²) in [5.41, 5.74) is 2.41. The van der Waals surface area contributed by atoms with Gasteiger partial charge >= 0.3 is 0 Å². The van der Waals surface area contributed by atoms with E-state index in [0.717, 1.165) is 35.9 Å². The van der Waals surface area contributed by atoms with E-state index >= 15 is 0 Å². The van der Waals surface area contributed by atoms with Crippen molar-refractivity contribution in [2.45, 2.75) is 64.6 Å². The van der Waals surface area contributed by atoms with Crippen LogP contribution in [0.5, 0.6) is 0 Å². The van der Waals surface area contributed by atoms with Gasteiger partial charge in [0.2, 0.25) is 5.91 Å². The van der Waals surface area contributed by atoms with Gasteiger partial charge in [0.05, 0.1) is 5.56 Å². The molecule has 2 aliphatic rings. The van der Waals surface area contributed by atoms with Crippen LogP contribution in [0.3, 0.4) is 0 Å². The number of carbonyl (C=O) groups excluding carboxylic acids is 2. The summed E-state index contributed by atoms with van der Waals surface area (Å²) in [6, 6.07) is 1.76. The molecule has 0 bridgehead atoms. The van der Waals surface area contributed by atoms with Crippen molar-refractivity contribution in [2.75, 3.05) is 0 Å². The first-order valence-electron chi connectivity index (χ1n) is 9.66. The van der Waals surface area contributed by atoms with Gasteiger partial charge in [-0.15, -0.1) is 0 Å². The Morgan fingerprint density at radius 3 is 2.92 bits per heavy atom. The molecule has 2 unspecified atom stereocenters. The Bertz CT molecular complexity index is 837. The molecule has 1 fully saturated rings. The maximum Gasteiger partial charge on any atom is 0.257 e. The number of nitrogens with one attached hydrogen (secondary N) is 2. The molecular formula is C20H26N4O2. The molecule has 3 heterocycles. The van der Waals surface area contributed by atoms with Gasteiger partial charge in [0.25, 0.3) is 5.91 Å². The minimum absolute atomic E-state index is 0.0103. The van der Waals surface area contributed by atoms with Gasteiger partial charge in [0, 0.05) is 30.4 Å². The van der Waals surface area contributed by atoms with Crippen LogP contribution < -0.4 is 5.32 Å². The van der Waals surface area contributed by atoms with Crippen LogP contribution in [0, 0.1) is 5.92 Å². The number of aromatic nitrogens is 2. The van der Waals surface area contributed by atoms with Crippen LogP contribution in [0.1, 0.15) is 61.9 Å². The molecule has 0 aromatic carbocycles. The van der Waals surface area contributed by atoms with E-state index in [9.17, 15) is 9.59 Å². The first kappa shape index (κ1) is 17.1. The number of H-pyrrole nitrogens is 1. The molecule has 2 N–H and O–H groups in total. The van der Waals surface area contributed by atoms with Crippen LogP contribution >= 0.6 is 0 Å². The third-order valence-corrected chi connectivity index (χ3v) is 5.98. The third-order valence-electron chi connectivity index (χ3n) is 5.98. The molecule has 2 amide bonds. The molecule has 2 aromatic heterocycles. The van der Waals surface area contributed by atoms with Crippen molar-refractivity contribution >= 4 is 22.8 Å². The van der Waals surface area contributed by atoms with Gasteiger partial charge in [-0.25, -0.2) is 4.98 Å². The second-order valence-electron chi connectivity index (χ2n) is 7.65. The molecule has 0 saturated heterocycles. The third kappa shape index (κ3) is 2.77. The highest BCUT2D eigenvalue weighted by molar-refractivity contribution is 6.10. The number of hydrogen-bond acceptors (Lipinski definition) is 3. The molecule has 0 radical (unpaired) electrons. The number of carbonyl (C=O) groups is 2. The zero-order valence-corrected chi connectivity index (χ0v) is 15.4. The van der Waals surface area contributed by atoms with Gasteiger partial charge in [-0.05, 0) is 30.4 Å². The average molecular weight is 354 g/mol. The number of hydrogen-bond donors (Lipinski definition) is 2. The maximum absolute atomic E-state index is 13.2. The summed E-state index contributed by atoms with van der Waals surface area (Å²) in [5.74, 6) is 0.00526. The molecule has 1 aliphatic heterocycles. The number of nitrogens with zero attached hydrogens (tertiary/aromatic N) is 2. The van der Waals surface area contributed by atoms with Crippen molar-refractivity contribution in [1.29, 1.82) is 0 Å². The highest BCUT2D eigenvalue weighted by Crippen LogP contribution is 2.32. The lowest BCUT2D eigenvalue weighted by atomic mass is 9.92. The van der Waals surface area contributed by atoms with E-state index in [2.05, 4.69) is 29.1 Å². The van der Waals surface area contributed by atoms with Crippen LogP contribution in [0.2, 0.25) is 0 Å². The highest BCUT2D eigenvalue weighted by atomic mass is 16.2. The monoisotopic (exact) mass is 354 g/mol. The Morgan fingerprint density at radius 2 is 2.19 bits per heavy atom. The second kappa shape index (κ2) is 6.74. The van der Waals surface area contributed by atoms with E-state index in [1.165, 1.54) is 12.8 Å². The number of rotatable bonds is 5. The largest absolute Gasteiger partial charge is 0.352 e. The molecule has 138 valence electrons. The van der Waals surface area contributed by atoms with E-state index in [0.29, 0.717) is 12.1 Å². The Hall–Kier alpha value is -2.37. The van der Waals surface area contributed by atoms with Crippen LogP contribution in [0.15, 0.2) is 18.5 Å². The summed E-state index contributed by atoms with van der Waals surface area (Å²) in [6.07, 6.45) is 8.74. The Labute approximate surface area is 153 Å². The van der Waals surface area contributed by atoms with E-state index < -0.39 is 6.04 Å². The summed E-state index contributed by atoms with van der Waals surface area (Å²) >= 11 is 0. The molecule has 26 heavy (non-hydrogen) atoms. The van der Waals surface area contributed by atoms with Crippen LogP contribution in [-0.4, -0.2) is 38.8 Å². The molecule has 4 rings (SSSR count). The molecule has 1 aliphatic carbocycles. The fourth-order valence-corrected chi connectivity index (χ4v) is 4.35. The number of pyridine rings is 1. The molecule has 1 saturated carbocycles. The standard InChI is InChI=1S/C20H26N4O2/c1-3-12(2)17(19(25)23-14-6-4-5-7-14)24-11-13-8-9-21-18-16(13)15(10-22-18)20(24)26/h8-10,12,14,17H,3-7,11H2,1-2H3,(H,21,22)(H,23,25). The van der Waals surface area contributed by atoms with Gasteiger partial charge in [0.15, 0.2) is 0 Å². The predicted octanol–water partition coefficient (Wildman–Crippen LogP) is 2.99. The van der Waals surface area contributed by atoms with Gasteiger partial charge in [-0.1, -0.05) is 33.1 Å². The number of aromatic amines is 1. The first-order chi connectivity index (χ1) is 12.6. The molecule has 0 spiro atoms. The fourth-order valence-electron chi connectivity index (χ4n) is 4.35. The fraction of sp³-hybridized carbons (Fsp3) is 0.550. The zero-order chi connectivity index (χ0) is 18.3. The molecular weight excluding hydrogens is 328 g/mol.